The van der Waals surface area contributed by atoms with Gasteiger partial charge in [0.15, 0.2) is 0 Å². The van der Waals surface area contributed by atoms with Crippen LogP contribution in [0.15, 0.2) is 45.9 Å². The monoisotopic (exact) mass is 357 g/mol. The number of sulfonamides is 1. The lowest BCUT2D eigenvalue weighted by molar-refractivity contribution is 0.412. The highest BCUT2D eigenvalue weighted by molar-refractivity contribution is 9.10. The quantitative estimate of drug-likeness (QED) is 0.874. The second kappa shape index (κ2) is 5.68. The van der Waals surface area contributed by atoms with Crippen LogP contribution in [-0.4, -0.2) is 20.5 Å². The molecule has 1 heterocycles. The molecular formula is C12H12BrN3O3S. The lowest BCUT2D eigenvalue weighted by Gasteiger charge is -2.10. The Bertz CT molecular complexity index is 734. The largest absolute Gasteiger partial charge is 0.495 e. The highest BCUT2D eigenvalue weighted by Crippen LogP contribution is 2.29. The van der Waals surface area contributed by atoms with Gasteiger partial charge in [-0.15, -0.1) is 0 Å². The summed E-state index contributed by atoms with van der Waals surface area (Å²) in [5.41, 5.74) is 5.87. The number of nitrogens with two attached hydrogens (primary N) is 1. The average molecular weight is 358 g/mol. The third-order valence-electron chi connectivity index (χ3n) is 2.47. The van der Waals surface area contributed by atoms with E-state index in [2.05, 4.69) is 25.6 Å². The number of halogens is 1. The SMILES string of the molecule is COc1cc(NS(=O)(=O)c2ccnc(N)c2)ccc1Br. The number of hydrogen-bond acceptors (Lipinski definition) is 5. The van der Waals surface area contributed by atoms with Crippen molar-refractivity contribution in [1.29, 1.82) is 0 Å². The highest BCUT2D eigenvalue weighted by atomic mass is 79.9. The number of benzene rings is 1. The Labute approximate surface area is 125 Å². The fraction of sp³-hybridized carbons (Fsp3) is 0.0833. The van der Waals surface area contributed by atoms with E-state index in [1.165, 1.54) is 25.4 Å². The number of nitrogen functional groups attached to an aromatic ring is 1. The zero-order chi connectivity index (χ0) is 14.8. The molecule has 6 nitrogen and oxygen atoms in total. The van der Waals surface area contributed by atoms with Gasteiger partial charge < -0.3 is 10.5 Å². The van der Waals surface area contributed by atoms with E-state index in [4.69, 9.17) is 10.5 Å². The standard InChI is InChI=1S/C12H12BrN3O3S/c1-19-11-6-8(2-3-10(11)13)16-20(17,18)9-4-5-15-12(14)7-9/h2-7,16H,1H3,(H2,14,15). The van der Waals surface area contributed by atoms with Crippen molar-refractivity contribution < 1.29 is 13.2 Å². The Morgan fingerprint density at radius 2 is 2.05 bits per heavy atom. The first-order valence-corrected chi connectivity index (χ1v) is 7.78. The smallest absolute Gasteiger partial charge is 0.262 e. The van der Waals surface area contributed by atoms with E-state index in [0.29, 0.717) is 11.4 Å². The Balaban J connectivity index is 2.33. The third kappa shape index (κ3) is 3.20. The lowest BCUT2D eigenvalue weighted by Crippen LogP contribution is -2.13. The molecule has 20 heavy (non-hydrogen) atoms. The topological polar surface area (TPSA) is 94.3 Å². The summed E-state index contributed by atoms with van der Waals surface area (Å²) in [5.74, 6) is 0.667. The minimum Gasteiger partial charge on any atom is -0.495 e. The number of pyridine rings is 1. The highest BCUT2D eigenvalue weighted by Gasteiger charge is 2.15. The Morgan fingerprint density at radius 3 is 2.70 bits per heavy atom. The zero-order valence-electron chi connectivity index (χ0n) is 10.5. The molecule has 2 aromatic rings. The number of nitrogens with zero attached hydrogens (tertiary/aromatic N) is 1. The van der Waals surface area contributed by atoms with Crippen LogP contribution in [0.3, 0.4) is 0 Å². The van der Waals surface area contributed by atoms with Crippen LogP contribution in [0.5, 0.6) is 5.75 Å². The van der Waals surface area contributed by atoms with E-state index in [1.54, 1.807) is 18.2 Å². The first-order chi connectivity index (χ1) is 9.42. The molecule has 0 atom stereocenters. The Kier molecular flexibility index (Phi) is 4.15. The molecule has 0 saturated carbocycles. The summed E-state index contributed by atoms with van der Waals surface area (Å²) < 4.78 is 32.7. The van der Waals surface area contributed by atoms with Crippen LogP contribution in [0.1, 0.15) is 0 Å². The molecule has 1 aromatic heterocycles. The number of anilines is 2. The van der Waals surface area contributed by atoms with Crippen LogP contribution in [0.25, 0.3) is 0 Å². The maximum absolute atomic E-state index is 12.2. The van der Waals surface area contributed by atoms with Crippen molar-refractivity contribution in [2.45, 2.75) is 4.90 Å². The molecule has 0 aliphatic carbocycles. The van der Waals surface area contributed by atoms with Crippen molar-refractivity contribution in [3.8, 4) is 5.75 Å². The van der Waals surface area contributed by atoms with Gasteiger partial charge in [0, 0.05) is 18.3 Å². The first-order valence-electron chi connectivity index (χ1n) is 5.50. The van der Waals surface area contributed by atoms with Gasteiger partial charge in [-0.05, 0) is 34.1 Å². The Morgan fingerprint density at radius 1 is 1.30 bits per heavy atom. The lowest BCUT2D eigenvalue weighted by atomic mass is 10.3. The molecular weight excluding hydrogens is 346 g/mol. The number of ether oxygens (including phenoxy) is 1. The fourth-order valence-corrected chi connectivity index (χ4v) is 3.01. The third-order valence-corrected chi connectivity index (χ3v) is 4.50. The van der Waals surface area contributed by atoms with Gasteiger partial charge in [0.2, 0.25) is 0 Å². The molecule has 0 unspecified atom stereocenters. The fourth-order valence-electron chi connectivity index (χ4n) is 1.53. The summed E-state index contributed by atoms with van der Waals surface area (Å²) >= 11 is 3.30. The summed E-state index contributed by atoms with van der Waals surface area (Å²) in [6, 6.07) is 7.55. The second-order valence-electron chi connectivity index (χ2n) is 3.87. The van der Waals surface area contributed by atoms with Crippen molar-refractivity contribution in [2.75, 3.05) is 17.6 Å². The van der Waals surface area contributed by atoms with E-state index in [9.17, 15) is 8.42 Å². The van der Waals surface area contributed by atoms with Crippen molar-refractivity contribution >= 4 is 37.5 Å². The van der Waals surface area contributed by atoms with E-state index >= 15 is 0 Å². The molecule has 8 heteroatoms. The number of hydrogen-bond donors (Lipinski definition) is 2. The minimum atomic E-state index is -3.71. The van der Waals surface area contributed by atoms with E-state index in [0.717, 1.165) is 4.47 Å². The number of methoxy groups -OCH3 is 1. The van der Waals surface area contributed by atoms with Crippen LogP contribution in [0, 0.1) is 0 Å². The van der Waals surface area contributed by atoms with Gasteiger partial charge in [0.05, 0.1) is 22.2 Å². The number of rotatable bonds is 4. The summed E-state index contributed by atoms with van der Waals surface area (Å²) in [4.78, 5) is 3.81. The van der Waals surface area contributed by atoms with Gasteiger partial charge in [-0.1, -0.05) is 0 Å². The second-order valence-corrected chi connectivity index (χ2v) is 6.41. The van der Waals surface area contributed by atoms with Crippen LogP contribution < -0.4 is 15.2 Å². The van der Waals surface area contributed by atoms with E-state index < -0.39 is 10.0 Å². The van der Waals surface area contributed by atoms with Gasteiger partial charge in [0.25, 0.3) is 10.0 Å². The van der Waals surface area contributed by atoms with Crippen LogP contribution >= 0.6 is 15.9 Å². The number of aromatic nitrogens is 1. The molecule has 106 valence electrons. The average Bonchev–Trinajstić information content (AvgIpc) is 2.40. The predicted molar refractivity (Wildman–Crippen MR) is 80.2 cm³/mol. The molecule has 0 aliphatic rings. The van der Waals surface area contributed by atoms with Crippen LogP contribution in [0.2, 0.25) is 0 Å². The first kappa shape index (κ1) is 14.6. The Hall–Kier alpha value is -1.80. The molecule has 2 rings (SSSR count). The summed E-state index contributed by atoms with van der Waals surface area (Å²) in [7, 11) is -2.21. The maximum atomic E-state index is 12.2. The summed E-state index contributed by atoms with van der Waals surface area (Å²) in [5, 5.41) is 0. The predicted octanol–water partition coefficient (Wildman–Crippen LogP) is 2.24. The van der Waals surface area contributed by atoms with Crippen molar-refractivity contribution in [3.05, 3.63) is 41.0 Å². The molecule has 0 amide bonds. The van der Waals surface area contributed by atoms with Gasteiger partial charge >= 0.3 is 0 Å². The molecule has 0 fully saturated rings. The molecule has 0 bridgehead atoms. The van der Waals surface area contributed by atoms with Gasteiger partial charge in [0.1, 0.15) is 11.6 Å². The zero-order valence-corrected chi connectivity index (χ0v) is 12.9. The summed E-state index contributed by atoms with van der Waals surface area (Å²) in [6.07, 6.45) is 1.34. The van der Waals surface area contributed by atoms with Gasteiger partial charge in [-0.3, -0.25) is 4.72 Å². The summed E-state index contributed by atoms with van der Waals surface area (Å²) in [6.45, 7) is 0. The van der Waals surface area contributed by atoms with Crippen molar-refractivity contribution in [2.24, 2.45) is 0 Å². The minimum absolute atomic E-state index is 0.0480. The van der Waals surface area contributed by atoms with Crippen molar-refractivity contribution in [3.63, 3.8) is 0 Å². The van der Waals surface area contributed by atoms with Crippen molar-refractivity contribution in [1.82, 2.24) is 4.98 Å². The van der Waals surface area contributed by atoms with Gasteiger partial charge in [-0.25, -0.2) is 13.4 Å². The van der Waals surface area contributed by atoms with Crippen LogP contribution in [0.4, 0.5) is 11.5 Å². The molecule has 0 radical (unpaired) electrons. The van der Waals surface area contributed by atoms with E-state index in [1.807, 2.05) is 0 Å². The molecule has 0 spiro atoms. The van der Waals surface area contributed by atoms with Gasteiger partial charge in [-0.2, -0.15) is 0 Å². The molecule has 0 saturated heterocycles. The van der Waals surface area contributed by atoms with E-state index in [-0.39, 0.29) is 10.7 Å². The number of nitrogens with one attached hydrogen (secondary N) is 1. The normalized spacial score (nSPS) is 11.1. The molecule has 1 aromatic carbocycles. The molecule has 3 N–H and O–H groups in total. The maximum Gasteiger partial charge on any atom is 0.262 e. The van der Waals surface area contributed by atoms with Crippen LogP contribution in [-0.2, 0) is 10.0 Å². The molecule has 0 aliphatic heterocycles.